The maximum atomic E-state index is 12.1. The van der Waals surface area contributed by atoms with Crippen LogP contribution in [-0.2, 0) is 24.1 Å². The first-order chi connectivity index (χ1) is 10.8. The molecule has 1 aliphatic heterocycles. The Hall–Kier alpha value is -1.96. The third-order valence-corrected chi connectivity index (χ3v) is 4.97. The summed E-state index contributed by atoms with van der Waals surface area (Å²) >= 11 is 0. The zero-order valence-electron chi connectivity index (χ0n) is 13.7. The van der Waals surface area contributed by atoms with Crippen LogP contribution < -0.4 is 15.3 Å². The minimum atomic E-state index is -3.39. The van der Waals surface area contributed by atoms with E-state index >= 15 is 0 Å². The third-order valence-electron chi connectivity index (χ3n) is 4.38. The van der Waals surface area contributed by atoms with Crippen LogP contribution in [0.15, 0.2) is 16.9 Å². The zero-order valence-corrected chi connectivity index (χ0v) is 14.5. The van der Waals surface area contributed by atoms with Gasteiger partial charge in [-0.3, -0.25) is 13.9 Å². The highest BCUT2D eigenvalue weighted by Crippen LogP contribution is 2.33. The van der Waals surface area contributed by atoms with Crippen molar-refractivity contribution in [2.24, 2.45) is 14.1 Å². The second-order valence-electron chi connectivity index (χ2n) is 6.18. The number of sulfonamides is 1. The topological polar surface area (TPSA) is 76.3 Å². The van der Waals surface area contributed by atoms with Gasteiger partial charge in [-0.2, -0.15) is 0 Å². The second kappa shape index (κ2) is 5.59. The number of piperidine rings is 1. The standard InChI is InChI=1S/C15H22N4O3S/c1-17-13-9-11(16-23(3,21)22)12(19-7-5-4-6-8-19)10-14(13)18(2)15(17)20/h9-10,16H,4-8H2,1-3H3. The number of benzene rings is 1. The van der Waals surface area contributed by atoms with E-state index in [0.29, 0.717) is 11.2 Å². The van der Waals surface area contributed by atoms with Crippen molar-refractivity contribution in [3.05, 3.63) is 22.6 Å². The van der Waals surface area contributed by atoms with Gasteiger partial charge in [0.2, 0.25) is 10.0 Å². The third kappa shape index (κ3) is 2.95. The van der Waals surface area contributed by atoms with Gasteiger partial charge < -0.3 is 4.90 Å². The molecule has 0 atom stereocenters. The molecule has 1 saturated heterocycles. The van der Waals surface area contributed by atoms with Crippen molar-refractivity contribution in [2.45, 2.75) is 19.3 Å². The molecule has 0 amide bonds. The number of anilines is 2. The van der Waals surface area contributed by atoms with Crippen LogP contribution in [0, 0.1) is 0 Å². The number of fused-ring (bicyclic) bond motifs is 1. The summed E-state index contributed by atoms with van der Waals surface area (Å²) in [6.45, 7) is 1.79. The molecule has 1 fully saturated rings. The molecular formula is C15H22N4O3S. The lowest BCUT2D eigenvalue weighted by Crippen LogP contribution is -2.30. The van der Waals surface area contributed by atoms with Crippen LogP contribution >= 0.6 is 0 Å². The number of nitrogens with one attached hydrogen (secondary N) is 1. The summed E-state index contributed by atoms with van der Waals surface area (Å²) in [6, 6.07) is 3.66. The fourth-order valence-electron chi connectivity index (χ4n) is 3.21. The first-order valence-electron chi connectivity index (χ1n) is 7.70. The Kier molecular flexibility index (Phi) is 3.87. The van der Waals surface area contributed by atoms with Gasteiger partial charge >= 0.3 is 5.69 Å². The molecule has 0 radical (unpaired) electrons. The molecule has 1 aromatic heterocycles. The number of imidazole rings is 1. The van der Waals surface area contributed by atoms with Gasteiger partial charge in [-0.15, -0.1) is 0 Å². The number of hydrogen-bond acceptors (Lipinski definition) is 4. The number of rotatable bonds is 3. The lowest BCUT2D eigenvalue weighted by atomic mass is 10.1. The first-order valence-corrected chi connectivity index (χ1v) is 9.59. The summed E-state index contributed by atoms with van der Waals surface area (Å²) in [5.74, 6) is 0. The Balaban J connectivity index is 2.23. The minimum absolute atomic E-state index is 0.124. The summed E-state index contributed by atoms with van der Waals surface area (Å²) in [4.78, 5) is 14.3. The van der Waals surface area contributed by atoms with E-state index in [4.69, 9.17) is 0 Å². The van der Waals surface area contributed by atoms with Crippen LogP contribution in [0.1, 0.15) is 19.3 Å². The van der Waals surface area contributed by atoms with Gasteiger partial charge in [-0.1, -0.05) is 0 Å². The van der Waals surface area contributed by atoms with Crippen molar-refractivity contribution in [3.63, 3.8) is 0 Å². The quantitative estimate of drug-likeness (QED) is 0.913. The van der Waals surface area contributed by atoms with Crippen molar-refractivity contribution in [1.82, 2.24) is 9.13 Å². The molecule has 1 N–H and O–H groups in total. The lowest BCUT2D eigenvalue weighted by Gasteiger charge is -2.30. The zero-order chi connectivity index (χ0) is 16.8. The van der Waals surface area contributed by atoms with Gasteiger partial charge in [0.1, 0.15) is 0 Å². The van der Waals surface area contributed by atoms with E-state index in [1.54, 1.807) is 24.7 Å². The van der Waals surface area contributed by atoms with Crippen molar-refractivity contribution in [2.75, 3.05) is 29.0 Å². The van der Waals surface area contributed by atoms with Crippen LogP contribution in [0.5, 0.6) is 0 Å². The Bertz CT molecular complexity index is 905. The lowest BCUT2D eigenvalue weighted by molar-refractivity contribution is 0.578. The van der Waals surface area contributed by atoms with Gasteiger partial charge in [0.05, 0.1) is 28.7 Å². The average molecular weight is 338 g/mol. The highest BCUT2D eigenvalue weighted by atomic mass is 32.2. The van der Waals surface area contributed by atoms with Crippen LogP contribution in [0.4, 0.5) is 11.4 Å². The Morgan fingerprint density at radius 3 is 2.13 bits per heavy atom. The summed E-state index contributed by atoms with van der Waals surface area (Å²) in [5.41, 5.74) is 2.76. The summed E-state index contributed by atoms with van der Waals surface area (Å²) < 4.78 is 29.2. The molecule has 7 nitrogen and oxygen atoms in total. The minimum Gasteiger partial charge on any atom is -0.370 e. The van der Waals surface area contributed by atoms with Crippen LogP contribution in [-0.4, -0.2) is 36.9 Å². The molecule has 8 heteroatoms. The van der Waals surface area contributed by atoms with Crippen molar-refractivity contribution < 1.29 is 8.42 Å². The Morgan fingerprint density at radius 2 is 1.57 bits per heavy atom. The summed E-state index contributed by atoms with van der Waals surface area (Å²) in [7, 11) is 0.0264. The molecule has 1 aliphatic rings. The van der Waals surface area contributed by atoms with Crippen molar-refractivity contribution in [3.8, 4) is 0 Å². The van der Waals surface area contributed by atoms with E-state index in [0.717, 1.165) is 43.4 Å². The van der Waals surface area contributed by atoms with Gasteiger partial charge in [0.15, 0.2) is 0 Å². The van der Waals surface area contributed by atoms with Crippen molar-refractivity contribution in [1.29, 1.82) is 0 Å². The maximum absolute atomic E-state index is 12.1. The summed E-state index contributed by atoms with van der Waals surface area (Å²) in [6.07, 6.45) is 4.51. The largest absolute Gasteiger partial charge is 0.370 e. The van der Waals surface area contributed by atoms with Gasteiger partial charge in [0.25, 0.3) is 0 Å². The molecule has 23 heavy (non-hydrogen) atoms. The molecule has 0 unspecified atom stereocenters. The molecule has 0 aliphatic carbocycles. The molecule has 1 aromatic carbocycles. The van der Waals surface area contributed by atoms with E-state index in [1.807, 2.05) is 6.07 Å². The highest BCUT2D eigenvalue weighted by molar-refractivity contribution is 7.92. The monoisotopic (exact) mass is 338 g/mol. The predicted molar refractivity (Wildman–Crippen MR) is 92.7 cm³/mol. The number of aromatic nitrogens is 2. The number of hydrogen-bond donors (Lipinski definition) is 1. The van der Waals surface area contributed by atoms with E-state index in [9.17, 15) is 13.2 Å². The first kappa shape index (κ1) is 15.9. The van der Waals surface area contributed by atoms with Crippen LogP contribution in [0.3, 0.4) is 0 Å². The van der Waals surface area contributed by atoms with Crippen LogP contribution in [0.2, 0.25) is 0 Å². The van der Waals surface area contributed by atoms with Gasteiger partial charge in [-0.05, 0) is 31.4 Å². The maximum Gasteiger partial charge on any atom is 0.328 e. The number of aryl methyl sites for hydroxylation is 2. The fourth-order valence-corrected chi connectivity index (χ4v) is 3.78. The molecule has 0 saturated carbocycles. The van der Waals surface area contributed by atoms with Gasteiger partial charge in [0, 0.05) is 27.2 Å². The number of nitrogens with zero attached hydrogens (tertiary/aromatic N) is 3. The molecular weight excluding hydrogens is 316 g/mol. The SMILES string of the molecule is Cn1c(=O)n(C)c2cc(N3CCCCC3)c(NS(C)(=O)=O)cc21. The summed E-state index contributed by atoms with van der Waals surface area (Å²) in [5, 5.41) is 0. The van der Waals surface area contributed by atoms with E-state index in [2.05, 4.69) is 9.62 Å². The fraction of sp³-hybridized carbons (Fsp3) is 0.533. The highest BCUT2D eigenvalue weighted by Gasteiger charge is 2.20. The van der Waals surface area contributed by atoms with Crippen LogP contribution in [0.25, 0.3) is 11.0 Å². The average Bonchev–Trinajstić information content (AvgIpc) is 2.70. The second-order valence-corrected chi connectivity index (χ2v) is 7.93. The molecule has 0 spiro atoms. The van der Waals surface area contributed by atoms with Crippen molar-refractivity contribution >= 4 is 32.4 Å². The van der Waals surface area contributed by atoms with Gasteiger partial charge in [-0.25, -0.2) is 13.2 Å². The van der Waals surface area contributed by atoms with E-state index < -0.39 is 10.0 Å². The molecule has 3 rings (SSSR count). The molecule has 2 heterocycles. The Labute approximate surface area is 135 Å². The molecule has 0 bridgehead atoms. The van der Waals surface area contributed by atoms with E-state index in [1.165, 1.54) is 11.0 Å². The Morgan fingerprint density at radius 1 is 1.00 bits per heavy atom. The predicted octanol–water partition coefficient (Wildman–Crippen LogP) is 1.24. The van der Waals surface area contributed by atoms with E-state index in [-0.39, 0.29) is 5.69 Å². The molecule has 126 valence electrons. The normalized spacial score (nSPS) is 16.0. The molecule has 2 aromatic rings. The smallest absolute Gasteiger partial charge is 0.328 e.